The maximum atomic E-state index is 12.3. The van der Waals surface area contributed by atoms with Crippen LogP contribution in [0, 0.1) is 5.92 Å². The average molecular weight is 330 g/mol. The first-order valence-corrected chi connectivity index (χ1v) is 8.40. The van der Waals surface area contributed by atoms with Crippen LogP contribution in [-0.2, 0) is 19.1 Å². The zero-order chi connectivity index (χ0) is 17.9. The first-order valence-electron chi connectivity index (χ1n) is 8.40. The summed E-state index contributed by atoms with van der Waals surface area (Å²) in [4.78, 5) is 24.3. The predicted molar refractivity (Wildman–Crippen MR) is 93.2 cm³/mol. The molecular weight excluding hydrogens is 304 g/mol. The fourth-order valence-electron chi connectivity index (χ4n) is 3.08. The molecule has 130 valence electrons. The van der Waals surface area contributed by atoms with Gasteiger partial charge < -0.3 is 9.47 Å². The van der Waals surface area contributed by atoms with Gasteiger partial charge in [0, 0.05) is 17.6 Å². The van der Waals surface area contributed by atoms with Crippen LogP contribution in [0.4, 0.5) is 0 Å². The van der Waals surface area contributed by atoms with E-state index in [1.807, 2.05) is 19.9 Å². The second-order valence-electron chi connectivity index (χ2n) is 6.64. The van der Waals surface area contributed by atoms with Crippen LogP contribution in [0.15, 0.2) is 47.1 Å². The molecular formula is C20H26O4. The number of rotatable bonds is 2. The molecule has 0 bridgehead atoms. The minimum atomic E-state index is -0.463. The molecule has 4 heteroatoms. The Labute approximate surface area is 143 Å². The summed E-state index contributed by atoms with van der Waals surface area (Å²) in [5.74, 6) is -1.11. The number of carbonyl (C=O) groups excluding carboxylic acids is 2. The number of ether oxygens (including phenoxy) is 2. The van der Waals surface area contributed by atoms with Gasteiger partial charge in [0.25, 0.3) is 0 Å². The van der Waals surface area contributed by atoms with E-state index in [1.54, 1.807) is 19.9 Å². The van der Waals surface area contributed by atoms with E-state index in [4.69, 9.17) is 9.47 Å². The van der Waals surface area contributed by atoms with Crippen LogP contribution >= 0.6 is 0 Å². The van der Waals surface area contributed by atoms with Crippen molar-refractivity contribution in [2.24, 2.45) is 5.92 Å². The molecule has 24 heavy (non-hydrogen) atoms. The smallest absolute Gasteiger partial charge is 0.334 e. The lowest BCUT2D eigenvalue weighted by molar-refractivity contribution is -0.147. The topological polar surface area (TPSA) is 52.6 Å². The van der Waals surface area contributed by atoms with E-state index in [0.717, 1.165) is 24.0 Å². The molecule has 0 aromatic heterocycles. The van der Waals surface area contributed by atoms with Crippen LogP contribution in [0.2, 0.25) is 0 Å². The van der Waals surface area contributed by atoms with Crippen molar-refractivity contribution in [3.63, 3.8) is 0 Å². The molecule has 4 nitrogen and oxygen atoms in total. The number of esters is 2. The molecule has 1 aliphatic carbocycles. The van der Waals surface area contributed by atoms with Gasteiger partial charge in [-0.05, 0) is 46.6 Å². The van der Waals surface area contributed by atoms with Gasteiger partial charge in [-0.3, -0.25) is 0 Å². The number of carbonyl (C=O) groups is 2. The highest BCUT2D eigenvalue weighted by atomic mass is 16.6. The first-order chi connectivity index (χ1) is 11.3. The standard InChI is InChI=1S/C20H26O4/c1-6-14(4)19(21)23-16-10-12(2)8-7-9-13(3)11-17-18(16)15(5)20(22)24-17/h6,8,11,16-18H,5,7,9-10H2,1-4H3/b12-8?,13-11+,14-6+/t16-,17-,18-/m1/s1. The number of fused-ring (bicyclic) bond motifs is 1. The summed E-state index contributed by atoms with van der Waals surface area (Å²) in [5.41, 5.74) is 3.24. The van der Waals surface area contributed by atoms with Gasteiger partial charge in [0.1, 0.15) is 12.2 Å². The molecule has 2 rings (SSSR count). The minimum absolute atomic E-state index is 0.345. The Hall–Kier alpha value is -2.10. The van der Waals surface area contributed by atoms with E-state index in [2.05, 4.69) is 12.7 Å². The van der Waals surface area contributed by atoms with E-state index >= 15 is 0 Å². The molecule has 0 unspecified atom stereocenters. The third-order valence-corrected chi connectivity index (χ3v) is 4.68. The number of allylic oxidation sites excluding steroid dienone is 3. The SMILES string of the molecule is C=C1C(=O)O[C@@H]2/C=C(\C)CCC=C(C)C[C@@H](OC(=O)/C(C)=C/C)[C@@H]12. The van der Waals surface area contributed by atoms with Crippen molar-refractivity contribution in [2.75, 3.05) is 0 Å². The van der Waals surface area contributed by atoms with Crippen LogP contribution in [0.25, 0.3) is 0 Å². The van der Waals surface area contributed by atoms with Gasteiger partial charge in [-0.1, -0.05) is 29.9 Å². The summed E-state index contributed by atoms with van der Waals surface area (Å²) in [6.45, 7) is 11.5. The molecule has 1 aliphatic heterocycles. The van der Waals surface area contributed by atoms with Crippen LogP contribution in [0.3, 0.4) is 0 Å². The summed E-state index contributed by atoms with van der Waals surface area (Å²) < 4.78 is 11.2. The van der Waals surface area contributed by atoms with Gasteiger partial charge in [0.05, 0.1) is 5.92 Å². The molecule has 0 amide bonds. The Morgan fingerprint density at radius 3 is 2.75 bits per heavy atom. The van der Waals surface area contributed by atoms with E-state index in [-0.39, 0.29) is 11.9 Å². The summed E-state index contributed by atoms with van der Waals surface area (Å²) in [6.07, 6.45) is 7.40. The first kappa shape index (κ1) is 18.2. The lowest BCUT2D eigenvalue weighted by Gasteiger charge is -2.27. The zero-order valence-electron chi connectivity index (χ0n) is 14.9. The Kier molecular flexibility index (Phi) is 5.81. The fourth-order valence-corrected chi connectivity index (χ4v) is 3.08. The molecule has 2 aliphatic rings. The maximum absolute atomic E-state index is 12.3. The largest absolute Gasteiger partial charge is 0.458 e. The highest BCUT2D eigenvalue weighted by molar-refractivity contribution is 5.92. The summed E-state index contributed by atoms with van der Waals surface area (Å²) in [7, 11) is 0. The van der Waals surface area contributed by atoms with Gasteiger partial charge in [0.15, 0.2) is 0 Å². The molecule has 0 N–H and O–H groups in total. The van der Waals surface area contributed by atoms with Crippen LogP contribution in [-0.4, -0.2) is 24.1 Å². The maximum Gasteiger partial charge on any atom is 0.334 e. The van der Waals surface area contributed by atoms with E-state index in [9.17, 15) is 9.59 Å². The van der Waals surface area contributed by atoms with Crippen molar-refractivity contribution in [3.05, 3.63) is 47.1 Å². The number of hydrogen-bond donors (Lipinski definition) is 0. The minimum Gasteiger partial charge on any atom is -0.458 e. The highest BCUT2D eigenvalue weighted by Crippen LogP contribution is 2.36. The predicted octanol–water partition coefficient (Wildman–Crippen LogP) is 4.04. The monoisotopic (exact) mass is 330 g/mol. The Morgan fingerprint density at radius 2 is 2.08 bits per heavy atom. The van der Waals surface area contributed by atoms with E-state index < -0.39 is 18.2 Å². The number of hydrogen-bond acceptors (Lipinski definition) is 4. The fraction of sp³-hybridized carbons (Fsp3) is 0.500. The molecule has 0 radical (unpaired) electrons. The molecule has 1 fully saturated rings. The van der Waals surface area contributed by atoms with Gasteiger partial charge >= 0.3 is 11.9 Å². The Balaban J connectivity index is 2.38. The van der Waals surface area contributed by atoms with Crippen molar-refractivity contribution in [2.45, 2.75) is 59.2 Å². The Morgan fingerprint density at radius 1 is 1.38 bits per heavy atom. The summed E-state index contributed by atoms with van der Waals surface area (Å²) in [6, 6.07) is 0. The van der Waals surface area contributed by atoms with Crippen molar-refractivity contribution in [1.29, 1.82) is 0 Å². The second-order valence-corrected chi connectivity index (χ2v) is 6.64. The Bertz CT molecular complexity index is 636. The summed E-state index contributed by atoms with van der Waals surface area (Å²) in [5, 5.41) is 0. The van der Waals surface area contributed by atoms with Crippen molar-refractivity contribution >= 4 is 11.9 Å². The molecule has 0 spiro atoms. The molecule has 0 saturated carbocycles. The molecule has 0 aromatic rings. The molecule has 0 aromatic carbocycles. The van der Waals surface area contributed by atoms with Gasteiger partial charge in [0.2, 0.25) is 0 Å². The third kappa shape index (κ3) is 4.05. The van der Waals surface area contributed by atoms with Gasteiger partial charge in [-0.2, -0.15) is 0 Å². The third-order valence-electron chi connectivity index (χ3n) is 4.68. The lowest BCUT2D eigenvalue weighted by Crippen LogP contribution is -2.33. The molecule has 3 atom stereocenters. The highest BCUT2D eigenvalue weighted by Gasteiger charge is 2.44. The van der Waals surface area contributed by atoms with Crippen LogP contribution in [0.1, 0.15) is 47.0 Å². The molecule has 1 saturated heterocycles. The normalized spacial score (nSPS) is 30.7. The lowest BCUT2D eigenvalue weighted by atomic mass is 9.85. The second kappa shape index (κ2) is 7.65. The van der Waals surface area contributed by atoms with Gasteiger partial charge in [-0.25, -0.2) is 9.59 Å². The van der Waals surface area contributed by atoms with Crippen molar-refractivity contribution in [1.82, 2.24) is 0 Å². The zero-order valence-corrected chi connectivity index (χ0v) is 14.9. The van der Waals surface area contributed by atoms with Gasteiger partial charge in [-0.15, -0.1) is 0 Å². The molecule has 1 heterocycles. The van der Waals surface area contributed by atoms with Crippen molar-refractivity contribution in [3.8, 4) is 0 Å². The van der Waals surface area contributed by atoms with Crippen LogP contribution in [0.5, 0.6) is 0 Å². The quantitative estimate of drug-likeness (QED) is 0.436. The van der Waals surface area contributed by atoms with Crippen molar-refractivity contribution < 1.29 is 19.1 Å². The summed E-state index contributed by atoms with van der Waals surface area (Å²) >= 11 is 0. The average Bonchev–Trinajstić information content (AvgIpc) is 2.79. The van der Waals surface area contributed by atoms with E-state index in [0.29, 0.717) is 17.6 Å². The van der Waals surface area contributed by atoms with E-state index in [1.165, 1.54) is 0 Å². The van der Waals surface area contributed by atoms with Crippen LogP contribution < -0.4 is 0 Å².